The van der Waals surface area contributed by atoms with Gasteiger partial charge in [0.15, 0.2) is 0 Å². The highest BCUT2D eigenvalue weighted by Crippen LogP contribution is 2.13. The molecule has 0 aliphatic carbocycles. The molecule has 0 fully saturated rings. The zero-order valence-corrected chi connectivity index (χ0v) is 8.90. The minimum Gasteiger partial charge on any atom is -0.314 e. The second-order valence-electron chi connectivity index (χ2n) is 3.98. The van der Waals surface area contributed by atoms with E-state index in [-0.39, 0.29) is 13.1 Å². The lowest BCUT2D eigenvalue weighted by Crippen LogP contribution is -2.42. The summed E-state index contributed by atoms with van der Waals surface area (Å²) in [5.74, 6) is -2.20. The maximum absolute atomic E-state index is 13.0. The first kappa shape index (κ1) is 12.8. The summed E-state index contributed by atoms with van der Waals surface area (Å²) in [4.78, 5) is 1.67. The van der Waals surface area contributed by atoms with Crippen molar-refractivity contribution in [1.29, 1.82) is 0 Å². The zero-order chi connectivity index (χ0) is 10.5. The van der Waals surface area contributed by atoms with Gasteiger partial charge in [0.1, 0.15) is 0 Å². The fourth-order valence-electron chi connectivity index (χ4n) is 1.40. The number of halogens is 2. The summed E-state index contributed by atoms with van der Waals surface area (Å²) >= 11 is 0. The molecule has 0 heterocycles. The average molecular weight is 194 g/mol. The van der Waals surface area contributed by atoms with Gasteiger partial charge in [-0.3, -0.25) is 0 Å². The van der Waals surface area contributed by atoms with Crippen molar-refractivity contribution in [2.24, 2.45) is 5.92 Å². The molecule has 1 N–H and O–H groups in total. The summed E-state index contributed by atoms with van der Waals surface area (Å²) in [5, 5.41) is 2.49. The largest absolute Gasteiger partial charge is 0.314 e. The Kier molecular flexibility index (Phi) is 5.40. The summed E-state index contributed by atoms with van der Waals surface area (Å²) in [7, 11) is 3.26. The molecule has 0 bridgehead atoms. The summed E-state index contributed by atoms with van der Waals surface area (Å²) in [6, 6.07) is 0. The molecule has 0 aliphatic rings. The third-order valence-corrected chi connectivity index (χ3v) is 1.61. The molecule has 0 radical (unpaired) electrons. The van der Waals surface area contributed by atoms with Crippen LogP contribution in [0.15, 0.2) is 0 Å². The predicted molar refractivity (Wildman–Crippen MR) is 51.2 cm³/mol. The van der Waals surface area contributed by atoms with E-state index in [1.165, 1.54) is 7.05 Å². The molecule has 0 atom stereocenters. The number of alkyl halides is 2. The number of nitrogens with zero attached hydrogens (tertiary/aromatic N) is 1. The van der Waals surface area contributed by atoms with Crippen molar-refractivity contribution >= 4 is 0 Å². The van der Waals surface area contributed by atoms with Crippen molar-refractivity contribution in [1.82, 2.24) is 10.2 Å². The molecule has 0 amide bonds. The Morgan fingerprint density at radius 1 is 1.38 bits per heavy atom. The van der Waals surface area contributed by atoms with Crippen LogP contribution in [0, 0.1) is 5.92 Å². The molecule has 2 nitrogen and oxygen atoms in total. The lowest BCUT2D eigenvalue weighted by molar-refractivity contribution is -0.0251. The third-order valence-electron chi connectivity index (χ3n) is 1.61. The van der Waals surface area contributed by atoms with Crippen molar-refractivity contribution in [3.05, 3.63) is 0 Å². The van der Waals surface area contributed by atoms with Gasteiger partial charge >= 0.3 is 0 Å². The minimum absolute atomic E-state index is 0.175. The Hall–Kier alpha value is -0.220. The average Bonchev–Trinajstić information content (AvgIpc) is 1.81. The lowest BCUT2D eigenvalue weighted by atomic mass is 10.2. The second kappa shape index (κ2) is 5.50. The first-order chi connectivity index (χ1) is 5.87. The number of nitrogens with one attached hydrogen (secondary N) is 1. The molecular formula is C9H20F2N2. The van der Waals surface area contributed by atoms with Gasteiger partial charge in [0, 0.05) is 6.54 Å². The molecule has 13 heavy (non-hydrogen) atoms. The highest BCUT2D eigenvalue weighted by Gasteiger charge is 2.29. The van der Waals surface area contributed by atoms with Crippen molar-refractivity contribution in [2.75, 3.05) is 33.7 Å². The van der Waals surface area contributed by atoms with Gasteiger partial charge in [0.2, 0.25) is 0 Å². The van der Waals surface area contributed by atoms with Crippen molar-refractivity contribution in [2.45, 2.75) is 19.8 Å². The van der Waals surface area contributed by atoms with E-state index in [0.29, 0.717) is 12.5 Å². The van der Waals surface area contributed by atoms with Crippen molar-refractivity contribution in [3.8, 4) is 0 Å². The Labute approximate surface area is 79.3 Å². The number of hydrogen-bond acceptors (Lipinski definition) is 2. The molecule has 0 aromatic rings. The van der Waals surface area contributed by atoms with Crippen LogP contribution in [0.3, 0.4) is 0 Å². The molecule has 0 saturated carbocycles. The summed E-state index contributed by atoms with van der Waals surface area (Å²) in [5.41, 5.74) is 0. The number of hydrogen-bond donors (Lipinski definition) is 1. The molecule has 4 heteroatoms. The van der Waals surface area contributed by atoms with Crippen molar-refractivity contribution < 1.29 is 8.78 Å². The fraction of sp³-hybridized carbons (Fsp3) is 1.00. The predicted octanol–water partition coefficient (Wildman–Crippen LogP) is 1.43. The first-order valence-electron chi connectivity index (χ1n) is 4.58. The van der Waals surface area contributed by atoms with E-state index in [1.54, 1.807) is 11.9 Å². The smallest absolute Gasteiger partial charge is 0.272 e. The first-order valence-corrected chi connectivity index (χ1v) is 4.58. The minimum atomic E-state index is -2.63. The topological polar surface area (TPSA) is 15.3 Å². The van der Waals surface area contributed by atoms with Crippen LogP contribution in [0.4, 0.5) is 8.78 Å². The van der Waals surface area contributed by atoms with Gasteiger partial charge in [-0.25, -0.2) is 8.78 Å². The van der Waals surface area contributed by atoms with Gasteiger partial charge in [-0.2, -0.15) is 0 Å². The molecule has 0 aromatic heterocycles. The van der Waals surface area contributed by atoms with E-state index >= 15 is 0 Å². The fourth-order valence-corrected chi connectivity index (χ4v) is 1.40. The van der Waals surface area contributed by atoms with Gasteiger partial charge in [-0.05, 0) is 20.0 Å². The summed E-state index contributed by atoms with van der Waals surface area (Å²) < 4.78 is 26.0. The van der Waals surface area contributed by atoms with E-state index < -0.39 is 5.92 Å². The molecular weight excluding hydrogens is 174 g/mol. The molecule has 80 valence electrons. The lowest BCUT2D eigenvalue weighted by Gasteiger charge is -2.24. The summed E-state index contributed by atoms with van der Waals surface area (Å²) in [6.07, 6.45) is 0. The van der Waals surface area contributed by atoms with Crippen molar-refractivity contribution in [3.63, 3.8) is 0 Å². The Morgan fingerprint density at radius 2 is 1.92 bits per heavy atom. The summed E-state index contributed by atoms with van der Waals surface area (Å²) in [6.45, 7) is 4.32. The van der Waals surface area contributed by atoms with E-state index in [1.807, 2.05) is 13.8 Å². The highest BCUT2D eigenvalue weighted by atomic mass is 19.3. The van der Waals surface area contributed by atoms with E-state index in [0.717, 1.165) is 0 Å². The Morgan fingerprint density at radius 3 is 2.31 bits per heavy atom. The Bertz CT molecular complexity index is 138. The van der Waals surface area contributed by atoms with Gasteiger partial charge in [0.25, 0.3) is 5.92 Å². The Balaban J connectivity index is 3.81. The van der Waals surface area contributed by atoms with Crippen LogP contribution < -0.4 is 5.32 Å². The maximum atomic E-state index is 13.0. The van der Waals surface area contributed by atoms with Gasteiger partial charge in [0.05, 0.1) is 13.1 Å². The third kappa shape index (κ3) is 6.90. The molecule has 0 aromatic carbocycles. The van der Waals surface area contributed by atoms with Crippen LogP contribution in [-0.2, 0) is 0 Å². The second-order valence-corrected chi connectivity index (χ2v) is 3.98. The molecule has 0 unspecified atom stereocenters. The van der Waals surface area contributed by atoms with Crippen LogP contribution >= 0.6 is 0 Å². The van der Waals surface area contributed by atoms with Crippen LogP contribution in [-0.4, -0.2) is 44.6 Å². The van der Waals surface area contributed by atoms with Gasteiger partial charge < -0.3 is 10.2 Å². The highest BCUT2D eigenvalue weighted by molar-refractivity contribution is 4.72. The maximum Gasteiger partial charge on any atom is 0.272 e. The normalized spacial score (nSPS) is 12.9. The standard InChI is InChI=1S/C9H20F2N2/c1-8(2)5-13(4)7-9(10,11)6-12-3/h8,12H,5-7H2,1-4H3. The molecule has 0 rings (SSSR count). The monoisotopic (exact) mass is 194 g/mol. The molecule has 0 aliphatic heterocycles. The zero-order valence-electron chi connectivity index (χ0n) is 8.90. The van der Waals surface area contributed by atoms with E-state index in [4.69, 9.17) is 0 Å². The van der Waals surface area contributed by atoms with E-state index in [9.17, 15) is 8.78 Å². The molecule has 0 saturated heterocycles. The quantitative estimate of drug-likeness (QED) is 0.688. The SMILES string of the molecule is CNCC(F)(F)CN(C)CC(C)C. The van der Waals surface area contributed by atoms with Crippen LogP contribution in [0.2, 0.25) is 0 Å². The molecule has 0 spiro atoms. The van der Waals surface area contributed by atoms with Crippen LogP contribution in [0.5, 0.6) is 0 Å². The van der Waals surface area contributed by atoms with E-state index in [2.05, 4.69) is 5.32 Å². The van der Waals surface area contributed by atoms with Gasteiger partial charge in [-0.15, -0.1) is 0 Å². The van der Waals surface area contributed by atoms with Crippen LogP contribution in [0.1, 0.15) is 13.8 Å². The van der Waals surface area contributed by atoms with Gasteiger partial charge in [-0.1, -0.05) is 13.8 Å². The number of rotatable bonds is 6. The van der Waals surface area contributed by atoms with Crippen LogP contribution in [0.25, 0.3) is 0 Å².